The molecule has 0 aromatic heterocycles. The second-order valence-corrected chi connectivity index (χ2v) is 6.43. The van der Waals surface area contributed by atoms with Crippen molar-refractivity contribution in [2.45, 2.75) is 46.5 Å². The zero-order chi connectivity index (χ0) is 15.5. The maximum absolute atomic E-state index is 12.4. The van der Waals surface area contributed by atoms with Crippen molar-refractivity contribution < 1.29 is 4.79 Å². The molecule has 0 saturated carbocycles. The topological polar surface area (TPSA) is 49.6 Å². The van der Waals surface area contributed by atoms with Gasteiger partial charge in [-0.25, -0.2) is 0 Å². The van der Waals surface area contributed by atoms with Crippen LogP contribution in [0.5, 0.6) is 0 Å². The number of carbonyl (C=O) groups excluding carboxylic acids is 1. The zero-order valence-corrected chi connectivity index (χ0v) is 14.2. The van der Waals surface area contributed by atoms with Gasteiger partial charge in [-0.1, -0.05) is 27.2 Å². The number of nitrogens with zero attached hydrogens (tertiary/aromatic N) is 2. The van der Waals surface area contributed by atoms with Gasteiger partial charge in [0.2, 0.25) is 5.91 Å². The summed E-state index contributed by atoms with van der Waals surface area (Å²) in [5, 5.41) is 0. The molecule has 0 aromatic carbocycles. The molecule has 0 saturated heterocycles. The van der Waals surface area contributed by atoms with E-state index in [0.717, 1.165) is 45.4 Å². The van der Waals surface area contributed by atoms with Crippen molar-refractivity contribution in [1.82, 2.24) is 9.80 Å². The first-order valence-corrected chi connectivity index (χ1v) is 8.03. The lowest BCUT2D eigenvalue weighted by Gasteiger charge is -2.27. The van der Waals surface area contributed by atoms with E-state index in [1.54, 1.807) is 0 Å². The molecule has 4 nitrogen and oxygen atoms in total. The van der Waals surface area contributed by atoms with Gasteiger partial charge in [-0.15, -0.1) is 0 Å². The van der Waals surface area contributed by atoms with E-state index in [9.17, 15) is 4.79 Å². The fourth-order valence-electron chi connectivity index (χ4n) is 2.35. The molecular weight excluding hydrogens is 250 g/mol. The van der Waals surface area contributed by atoms with Crippen LogP contribution in [0.2, 0.25) is 0 Å². The third-order valence-corrected chi connectivity index (χ3v) is 3.67. The Morgan fingerprint density at radius 1 is 1.15 bits per heavy atom. The summed E-state index contributed by atoms with van der Waals surface area (Å²) in [5.74, 6) is 1.42. The van der Waals surface area contributed by atoms with Crippen LogP contribution in [0.4, 0.5) is 0 Å². The predicted molar refractivity (Wildman–Crippen MR) is 86.7 cm³/mol. The molecule has 0 rings (SSSR count). The predicted octanol–water partition coefficient (Wildman–Crippen LogP) is 2.19. The van der Waals surface area contributed by atoms with Gasteiger partial charge in [-0.05, 0) is 45.3 Å². The molecule has 0 fully saturated rings. The van der Waals surface area contributed by atoms with Gasteiger partial charge in [0.15, 0.2) is 0 Å². The average molecular weight is 285 g/mol. The van der Waals surface area contributed by atoms with Crippen molar-refractivity contribution in [3.05, 3.63) is 0 Å². The normalized spacial score (nSPS) is 13.0. The lowest BCUT2D eigenvalue weighted by Crippen LogP contribution is -2.39. The third kappa shape index (κ3) is 9.32. The Balaban J connectivity index is 4.30. The highest BCUT2D eigenvalue weighted by Gasteiger charge is 2.16. The molecule has 0 radical (unpaired) electrons. The maximum Gasteiger partial charge on any atom is 0.222 e. The first kappa shape index (κ1) is 19.4. The van der Waals surface area contributed by atoms with Gasteiger partial charge in [0.1, 0.15) is 0 Å². The van der Waals surface area contributed by atoms with Gasteiger partial charge >= 0.3 is 0 Å². The second-order valence-electron chi connectivity index (χ2n) is 6.43. The summed E-state index contributed by atoms with van der Waals surface area (Å²) < 4.78 is 0. The molecule has 0 aliphatic rings. The van der Waals surface area contributed by atoms with Crippen molar-refractivity contribution in [3.8, 4) is 0 Å². The molecular formula is C16H35N3O. The average Bonchev–Trinajstić information content (AvgIpc) is 2.38. The lowest BCUT2D eigenvalue weighted by atomic mass is 9.96. The highest BCUT2D eigenvalue weighted by molar-refractivity contribution is 5.76. The lowest BCUT2D eigenvalue weighted by molar-refractivity contribution is -0.132. The van der Waals surface area contributed by atoms with E-state index in [1.807, 2.05) is 19.0 Å². The third-order valence-electron chi connectivity index (χ3n) is 3.67. The zero-order valence-electron chi connectivity index (χ0n) is 14.2. The molecule has 0 heterocycles. The Morgan fingerprint density at radius 2 is 1.80 bits per heavy atom. The van der Waals surface area contributed by atoms with Crippen molar-refractivity contribution in [2.75, 3.05) is 40.3 Å². The van der Waals surface area contributed by atoms with Crippen LogP contribution in [0, 0.1) is 11.8 Å². The molecule has 1 amide bonds. The van der Waals surface area contributed by atoms with E-state index >= 15 is 0 Å². The van der Waals surface area contributed by atoms with E-state index in [1.165, 1.54) is 0 Å². The summed E-state index contributed by atoms with van der Waals surface area (Å²) in [6, 6.07) is 0. The SMILES string of the molecule is CCC(CCN)CCC(=O)N(CCN(C)C)CC(C)C. The van der Waals surface area contributed by atoms with Crippen LogP contribution in [0.25, 0.3) is 0 Å². The minimum atomic E-state index is 0.302. The molecule has 0 spiro atoms. The van der Waals surface area contributed by atoms with Crippen molar-refractivity contribution in [1.29, 1.82) is 0 Å². The fraction of sp³-hybridized carbons (Fsp3) is 0.938. The number of likely N-dealkylation sites (N-methyl/N-ethyl adjacent to an activating group) is 1. The van der Waals surface area contributed by atoms with Crippen molar-refractivity contribution >= 4 is 5.91 Å². The Morgan fingerprint density at radius 3 is 2.25 bits per heavy atom. The van der Waals surface area contributed by atoms with E-state index in [0.29, 0.717) is 24.2 Å². The second kappa shape index (κ2) is 11.1. The Bertz CT molecular complexity index is 254. The van der Waals surface area contributed by atoms with Gasteiger partial charge in [0.25, 0.3) is 0 Å². The Kier molecular flexibility index (Phi) is 10.8. The summed E-state index contributed by atoms with van der Waals surface area (Å²) in [6.07, 6.45) is 3.79. The van der Waals surface area contributed by atoms with Crippen LogP contribution in [0.1, 0.15) is 46.5 Å². The molecule has 0 aliphatic heterocycles. The number of amides is 1. The van der Waals surface area contributed by atoms with E-state index in [-0.39, 0.29) is 0 Å². The highest BCUT2D eigenvalue weighted by atomic mass is 16.2. The van der Waals surface area contributed by atoms with Gasteiger partial charge in [-0.3, -0.25) is 4.79 Å². The number of carbonyl (C=O) groups is 1. The quantitative estimate of drug-likeness (QED) is 0.633. The fourth-order valence-corrected chi connectivity index (χ4v) is 2.35. The largest absolute Gasteiger partial charge is 0.341 e. The minimum Gasteiger partial charge on any atom is -0.341 e. The number of rotatable bonds is 11. The monoisotopic (exact) mass is 285 g/mol. The highest BCUT2D eigenvalue weighted by Crippen LogP contribution is 2.16. The van der Waals surface area contributed by atoms with Gasteiger partial charge in [0.05, 0.1) is 0 Å². The van der Waals surface area contributed by atoms with Gasteiger partial charge in [0, 0.05) is 26.1 Å². The molecule has 1 atom stereocenters. The molecule has 4 heteroatoms. The number of hydrogen-bond donors (Lipinski definition) is 1. The summed E-state index contributed by atoms with van der Waals surface area (Å²) in [7, 11) is 4.10. The first-order valence-electron chi connectivity index (χ1n) is 8.03. The first-order chi connectivity index (χ1) is 9.40. The Hall–Kier alpha value is -0.610. The molecule has 20 heavy (non-hydrogen) atoms. The van der Waals surface area contributed by atoms with Gasteiger partial charge in [-0.2, -0.15) is 0 Å². The minimum absolute atomic E-state index is 0.302. The van der Waals surface area contributed by atoms with Crippen molar-refractivity contribution in [2.24, 2.45) is 17.6 Å². The van der Waals surface area contributed by atoms with Crippen LogP contribution >= 0.6 is 0 Å². The molecule has 0 aliphatic carbocycles. The molecule has 0 bridgehead atoms. The van der Waals surface area contributed by atoms with E-state index in [2.05, 4.69) is 25.7 Å². The molecule has 1 unspecified atom stereocenters. The molecule has 120 valence electrons. The number of hydrogen-bond acceptors (Lipinski definition) is 3. The standard InChI is InChI=1S/C16H35N3O/c1-6-15(9-10-17)7-8-16(20)19(13-14(2)3)12-11-18(4)5/h14-15H,6-13,17H2,1-5H3. The summed E-state index contributed by atoms with van der Waals surface area (Å²) in [5.41, 5.74) is 5.62. The van der Waals surface area contributed by atoms with Crippen LogP contribution in [-0.4, -0.2) is 56.0 Å². The van der Waals surface area contributed by atoms with E-state index in [4.69, 9.17) is 5.73 Å². The Labute approximate surface area is 125 Å². The van der Waals surface area contributed by atoms with Crippen LogP contribution in [0.15, 0.2) is 0 Å². The van der Waals surface area contributed by atoms with Crippen LogP contribution < -0.4 is 5.73 Å². The van der Waals surface area contributed by atoms with Crippen LogP contribution in [0.3, 0.4) is 0 Å². The van der Waals surface area contributed by atoms with Gasteiger partial charge < -0.3 is 15.5 Å². The molecule has 0 aromatic rings. The molecule has 2 N–H and O–H groups in total. The summed E-state index contributed by atoms with van der Waals surface area (Å²) in [4.78, 5) is 16.5. The van der Waals surface area contributed by atoms with E-state index < -0.39 is 0 Å². The summed E-state index contributed by atoms with van der Waals surface area (Å²) >= 11 is 0. The van der Waals surface area contributed by atoms with Crippen LogP contribution in [-0.2, 0) is 4.79 Å². The maximum atomic E-state index is 12.4. The van der Waals surface area contributed by atoms with Crippen molar-refractivity contribution in [3.63, 3.8) is 0 Å². The smallest absolute Gasteiger partial charge is 0.222 e. The number of nitrogens with two attached hydrogens (primary N) is 1. The summed E-state index contributed by atoms with van der Waals surface area (Å²) in [6.45, 7) is 9.86.